The van der Waals surface area contributed by atoms with Crippen LogP contribution < -0.4 is 4.74 Å². The molecule has 1 aromatic rings. The summed E-state index contributed by atoms with van der Waals surface area (Å²) in [5, 5.41) is -0.0584. The van der Waals surface area contributed by atoms with E-state index in [0.717, 1.165) is 31.5 Å². The summed E-state index contributed by atoms with van der Waals surface area (Å²) in [6, 6.07) is 3.09. The number of hydrogen-bond acceptors (Lipinski definition) is 4. The SMILES string of the molecule is O=S1(=O)CCN2CCCC(C3C=CC(Oc4cc(Cl)cc(C(F)(F)F)c4)=CC3)C2=N1. The first-order chi connectivity index (χ1) is 14.1. The van der Waals surface area contributed by atoms with Gasteiger partial charge in [0.1, 0.15) is 17.3 Å². The third kappa shape index (κ3) is 4.67. The van der Waals surface area contributed by atoms with Crippen LogP contribution in [-0.2, 0) is 16.2 Å². The summed E-state index contributed by atoms with van der Waals surface area (Å²) in [7, 11) is -3.42. The molecule has 30 heavy (non-hydrogen) atoms. The van der Waals surface area contributed by atoms with Gasteiger partial charge in [0.05, 0.1) is 11.3 Å². The first-order valence-electron chi connectivity index (χ1n) is 9.62. The summed E-state index contributed by atoms with van der Waals surface area (Å²) in [6.07, 6.45) is 3.29. The average Bonchev–Trinajstić information content (AvgIpc) is 2.66. The molecule has 1 aliphatic carbocycles. The van der Waals surface area contributed by atoms with Crippen molar-refractivity contribution in [1.29, 1.82) is 0 Å². The van der Waals surface area contributed by atoms with Crippen molar-refractivity contribution in [3.63, 3.8) is 0 Å². The van der Waals surface area contributed by atoms with Crippen LogP contribution in [0.1, 0.15) is 24.8 Å². The maximum absolute atomic E-state index is 13.0. The van der Waals surface area contributed by atoms with E-state index < -0.39 is 21.8 Å². The number of hydrogen-bond donors (Lipinski definition) is 0. The van der Waals surface area contributed by atoms with Crippen LogP contribution in [0.3, 0.4) is 0 Å². The highest BCUT2D eigenvalue weighted by molar-refractivity contribution is 7.90. The predicted octanol–water partition coefficient (Wildman–Crippen LogP) is 4.65. The van der Waals surface area contributed by atoms with Gasteiger partial charge in [0.2, 0.25) is 0 Å². The number of piperidine rings is 1. The van der Waals surface area contributed by atoms with E-state index in [0.29, 0.717) is 24.6 Å². The molecule has 3 aliphatic rings. The minimum Gasteiger partial charge on any atom is -0.458 e. The van der Waals surface area contributed by atoms with E-state index in [1.54, 1.807) is 12.2 Å². The Morgan fingerprint density at radius 3 is 2.70 bits per heavy atom. The molecule has 0 radical (unpaired) electrons. The zero-order valence-electron chi connectivity index (χ0n) is 15.9. The summed E-state index contributed by atoms with van der Waals surface area (Å²) >= 11 is 5.80. The highest BCUT2D eigenvalue weighted by atomic mass is 35.5. The Bertz CT molecular complexity index is 1030. The number of halogens is 4. The molecule has 0 saturated carbocycles. The molecule has 2 atom stereocenters. The van der Waals surface area contributed by atoms with Crippen LogP contribution in [0.2, 0.25) is 5.02 Å². The molecule has 1 fully saturated rings. The molecule has 0 spiro atoms. The van der Waals surface area contributed by atoms with Crippen LogP contribution in [0.5, 0.6) is 5.75 Å². The van der Waals surface area contributed by atoms with E-state index in [4.69, 9.17) is 16.3 Å². The predicted molar refractivity (Wildman–Crippen MR) is 108 cm³/mol. The molecule has 162 valence electrons. The fourth-order valence-electron chi connectivity index (χ4n) is 4.06. The fourth-order valence-corrected chi connectivity index (χ4v) is 5.37. The van der Waals surface area contributed by atoms with Crippen LogP contribution in [0.25, 0.3) is 0 Å². The van der Waals surface area contributed by atoms with Crippen molar-refractivity contribution in [2.24, 2.45) is 16.2 Å². The van der Waals surface area contributed by atoms with Crippen molar-refractivity contribution in [3.8, 4) is 5.75 Å². The van der Waals surface area contributed by atoms with Gasteiger partial charge < -0.3 is 9.64 Å². The molecule has 5 nitrogen and oxygen atoms in total. The summed E-state index contributed by atoms with van der Waals surface area (Å²) in [5.74, 6) is 1.15. The summed E-state index contributed by atoms with van der Waals surface area (Å²) in [6.45, 7) is 1.27. The number of nitrogens with zero attached hydrogens (tertiary/aromatic N) is 2. The van der Waals surface area contributed by atoms with Crippen molar-refractivity contribution < 1.29 is 26.3 Å². The molecule has 2 unspecified atom stereocenters. The lowest BCUT2D eigenvalue weighted by molar-refractivity contribution is -0.137. The highest BCUT2D eigenvalue weighted by Gasteiger charge is 2.36. The van der Waals surface area contributed by atoms with Gasteiger partial charge in [-0.3, -0.25) is 0 Å². The largest absolute Gasteiger partial charge is 0.458 e. The molecule has 4 rings (SSSR count). The fraction of sp³-hybridized carbons (Fsp3) is 0.450. The van der Waals surface area contributed by atoms with Gasteiger partial charge in [-0.05, 0) is 55.5 Å². The lowest BCUT2D eigenvalue weighted by Gasteiger charge is -2.40. The second-order valence-electron chi connectivity index (χ2n) is 7.61. The topological polar surface area (TPSA) is 59.0 Å². The van der Waals surface area contributed by atoms with E-state index in [1.165, 1.54) is 6.07 Å². The molecular weight excluding hydrogens is 441 g/mol. The molecule has 10 heteroatoms. The van der Waals surface area contributed by atoms with Crippen LogP contribution >= 0.6 is 11.6 Å². The maximum atomic E-state index is 13.0. The highest BCUT2D eigenvalue weighted by Crippen LogP contribution is 2.36. The molecule has 0 N–H and O–H groups in total. The van der Waals surface area contributed by atoms with Crippen molar-refractivity contribution in [2.75, 3.05) is 18.8 Å². The van der Waals surface area contributed by atoms with Crippen molar-refractivity contribution >= 4 is 27.5 Å². The second kappa shape index (κ2) is 7.92. The number of allylic oxidation sites excluding steroid dienone is 3. The van der Waals surface area contributed by atoms with Crippen molar-refractivity contribution in [1.82, 2.24) is 4.90 Å². The smallest absolute Gasteiger partial charge is 0.416 e. The first kappa shape index (κ1) is 21.2. The molecule has 1 saturated heterocycles. The van der Waals surface area contributed by atoms with E-state index >= 15 is 0 Å². The number of sulfonamides is 1. The van der Waals surface area contributed by atoms with Gasteiger partial charge in [-0.1, -0.05) is 17.7 Å². The second-order valence-corrected chi connectivity index (χ2v) is 9.80. The third-order valence-electron chi connectivity index (χ3n) is 5.50. The molecule has 0 aromatic heterocycles. The van der Waals surface area contributed by atoms with Gasteiger partial charge in [0, 0.05) is 24.0 Å². The average molecular weight is 461 g/mol. The van der Waals surface area contributed by atoms with E-state index in [2.05, 4.69) is 4.40 Å². The van der Waals surface area contributed by atoms with Crippen LogP contribution in [0.4, 0.5) is 13.2 Å². The van der Waals surface area contributed by atoms with Gasteiger partial charge in [0.15, 0.2) is 0 Å². The lowest BCUT2D eigenvalue weighted by atomic mass is 9.80. The lowest BCUT2D eigenvalue weighted by Crippen LogP contribution is -2.48. The van der Waals surface area contributed by atoms with Gasteiger partial charge in [-0.15, -0.1) is 0 Å². The Kier molecular flexibility index (Phi) is 5.61. The zero-order valence-corrected chi connectivity index (χ0v) is 17.5. The number of rotatable bonds is 3. The summed E-state index contributed by atoms with van der Waals surface area (Å²) < 4.78 is 72.5. The number of benzene rings is 1. The minimum absolute atomic E-state index is 0.00845. The van der Waals surface area contributed by atoms with Crippen molar-refractivity contribution in [2.45, 2.75) is 25.4 Å². The van der Waals surface area contributed by atoms with E-state index in [9.17, 15) is 21.6 Å². The van der Waals surface area contributed by atoms with Crippen molar-refractivity contribution in [3.05, 3.63) is 52.8 Å². The van der Waals surface area contributed by atoms with Crippen LogP contribution in [-0.4, -0.2) is 38.0 Å². The third-order valence-corrected chi connectivity index (χ3v) is 6.88. The number of ether oxygens (including phenoxy) is 1. The number of fused-ring (bicyclic) bond motifs is 1. The van der Waals surface area contributed by atoms with Gasteiger partial charge in [-0.2, -0.15) is 17.6 Å². The standard InChI is InChI=1S/C20H20ClF3N2O3S/c21-15-10-14(20(22,23)24)11-17(12-15)29-16-5-3-13(4-6-16)18-2-1-7-26-8-9-30(27,28)25-19(18)26/h3,5-6,10-13,18H,1-2,4,7-9H2. The first-order valence-corrected chi connectivity index (χ1v) is 11.6. The Labute approximate surface area is 177 Å². The Hall–Kier alpha value is -2.00. The maximum Gasteiger partial charge on any atom is 0.416 e. The molecule has 1 aromatic carbocycles. The monoisotopic (exact) mass is 460 g/mol. The molecule has 0 bridgehead atoms. The zero-order chi connectivity index (χ0) is 21.5. The normalized spacial score (nSPS) is 25.9. The number of alkyl halides is 3. The van der Waals surface area contributed by atoms with E-state index in [1.807, 2.05) is 11.0 Å². The Balaban J connectivity index is 1.48. The Morgan fingerprint density at radius 2 is 2.00 bits per heavy atom. The van der Waals surface area contributed by atoms with Crippen LogP contribution in [0, 0.1) is 11.8 Å². The minimum atomic E-state index is -4.52. The quantitative estimate of drug-likeness (QED) is 0.658. The molecular formula is C20H20ClF3N2O3S. The summed E-state index contributed by atoms with van der Waals surface area (Å²) in [4.78, 5) is 2.05. The molecule has 2 aliphatic heterocycles. The molecule has 0 amide bonds. The summed E-state index contributed by atoms with van der Waals surface area (Å²) in [5.41, 5.74) is -0.873. The van der Waals surface area contributed by atoms with Gasteiger partial charge in [0.25, 0.3) is 10.0 Å². The Morgan fingerprint density at radius 1 is 1.20 bits per heavy atom. The van der Waals surface area contributed by atoms with Crippen LogP contribution in [0.15, 0.2) is 46.6 Å². The molecule has 2 heterocycles. The number of amidine groups is 1. The van der Waals surface area contributed by atoms with Gasteiger partial charge >= 0.3 is 6.18 Å². The van der Waals surface area contributed by atoms with Gasteiger partial charge in [-0.25, -0.2) is 8.42 Å². The van der Waals surface area contributed by atoms with E-state index in [-0.39, 0.29) is 28.4 Å².